The Morgan fingerprint density at radius 1 is 1.19 bits per heavy atom. The molecule has 10 heteroatoms. The van der Waals surface area contributed by atoms with E-state index in [4.69, 9.17) is 9.47 Å². The summed E-state index contributed by atoms with van der Waals surface area (Å²) < 4.78 is 88.4. The van der Waals surface area contributed by atoms with Gasteiger partial charge in [0, 0.05) is 5.57 Å². The Labute approximate surface area is 153 Å². The van der Waals surface area contributed by atoms with Crippen LogP contribution in [-0.4, -0.2) is 46.8 Å². The summed E-state index contributed by atoms with van der Waals surface area (Å²) in [7, 11) is 0. The molecule has 1 aliphatic carbocycles. The summed E-state index contributed by atoms with van der Waals surface area (Å²) in [4.78, 5) is 11.5. The number of hydrogen-bond donors (Lipinski definition) is 1. The predicted molar refractivity (Wildman–Crippen MR) is 83.8 cm³/mol. The van der Waals surface area contributed by atoms with Crippen molar-refractivity contribution in [3.63, 3.8) is 0 Å². The van der Waals surface area contributed by atoms with E-state index in [-0.39, 0.29) is 37.7 Å². The van der Waals surface area contributed by atoms with Gasteiger partial charge in [-0.25, -0.2) is 4.79 Å². The fraction of sp³-hybridized carbons (Fsp3) is 0.824. The van der Waals surface area contributed by atoms with E-state index in [9.17, 15) is 36.2 Å². The van der Waals surface area contributed by atoms with Crippen molar-refractivity contribution >= 4 is 5.97 Å². The van der Waals surface area contributed by atoms with Gasteiger partial charge < -0.3 is 14.6 Å². The summed E-state index contributed by atoms with van der Waals surface area (Å²) in [5.41, 5.74) is -6.07. The van der Waals surface area contributed by atoms with E-state index in [1.807, 2.05) is 0 Å². The zero-order valence-corrected chi connectivity index (χ0v) is 15.3. The summed E-state index contributed by atoms with van der Waals surface area (Å²) in [6, 6.07) is 0. The summed E-state index contributed by atoms with van der Waals surface area (Å²) >= 11 is 0. The summed E-state index contributed by atoms with van der Waals surface area (Å²) in [6.45, 7) is 7.03. The van der Waals surface area contributed by atoms with Crippen molar-refractivity contribution < 1.29 is 45.7 Å². The molecule has 27 heavy (non-hydrogen) atoms. The molecule has 0 bridgehead atoms. The van der Waals surface area contributed by atoms with Crippen molar-refractivity contribution in [1.29, 1.82) is 0 Å². The highest BCUT2D eigenvalue weighted by molar-refractivity contribution is 5.87. The molecule has 1 aliphatic rings. The Morgan fingerprint density at radius 2 is 1.63 bits per heavy atom. The summed E-state index contributed by atoms with van der Waals surface area (Å²) in [5, 5.41) is 9.47. The van der Waals surface area contributed by atoms with Gasteiger partial charge in [-0.2, -0.15) is 26.3 Å². The molecular formula is C17H24F6O4. The summed E-state index contributed by atoms with van der Waals surface area (Å²) in [5.74, 6) is -0.609. The van der Waals surface area contributed by atoms with E-state index in [2.05, 4.69) is 6.58 Å². The first-order valence-corrected chi connectivity index (χ1v) is 8.50. The van der Waals surface area contributed by atoms with Crippen LogP contribution in [0.4, 0.5) is 26.3 Å². The van der Waals surface area contributed by atoms with Gasteiger partial charge in [0.25, 0.3) is 5.60 Å². The molecule has 0 aromatic heterocycles. The second-order valence-electron chi connectivity index (χ2n) is 6.94. The average Bonchev–Trinajstić information content (AvgIpc) is 2.53. The Morgan fingerprint density at radius 3 is 1.96 bits per heavy atom. The first kappa shape index (κ1) is 23.7. The summed E-state index contributed by atoms with van der Waals surface area (Å²) in [6.07, 6.45) is -14.2. The number of carbonyl (C=O) groups excluding carboxylic acids is 1. The van der Waals surface area contributed by atoms with Gasteiger partial charge in [-0.15, -0.1) is 0 Å². The van der Waals surface area contributed by atoms with Gasteiger partial charge in [0.2, 0.25) is 0 Å². The van der Waals surface area contributed by atoms with Crippen LogP contribution in [-0.2, 0) is 14.3 Å². The Kier molecular flexibility index (Phi) is 7.02. The van der Waals surface area contributed by atoms with E-state index in [0.29, 0.717) is 6.92 Å². The molecule has 158 valence electrons. The Balaban J connectivity index is 2.92. The molecule has 1 fully saturated rings. The molecule has 0 heterocycles. The molecular weight excluding hydrogens is 382 g/mol. The molecule has 0 saturated heterocycles. The lowest BCUT2D eigenvalue weighted by atomic mass is 9.80. The maximum Gasteiger partial charge on any atom is 0.428 e. The number of halogens is 6. The van der Waals surface area contributed by atoms with Crippen molar-refractivity contribution in [3.8, 4) is 0 Å². The second kappa shape index (κ2) is 7.98. The number of alkyl halides is 6. The van der Waals surface area contributed by atoms with Crippen LogP contribution in [0.5, 0.6) is 0 Å². The highest BCUT2D eigenvalue weighted by atomic mass is 19.4. The van der Waals surface area contributed by atoms with Gasteiger partial charge in [0.1, 0.15) is 12.2 Å². The van der Waals surface area contributed by atoms with E-state index in [1.165, 1.54) is 6.92 Å². The molecule has 0 spiro atoms. The van der Waals surface area contributed by atoms with Crippen molar-refractivity contribution in [2.45, 2.75) is 88.6 Å². The van der Waals surface area contributed by atoms with Gasteiger partial charge >= 0.3 is 18.3 Å². The monoisotopic (exact) mass is 406 g/mol. The zero-order chi connectivity index (χ0) is 21.3. The van der Waals surface area contributed by atoms with E-state index >= 15 is 0 Å². The normalized spacial score (nSPS) is 25.8. The van der Waals surface area contributed by atoms with E-state index < -0.39 is 41.7 Å². The topological polar surface area (TPSA) is 55.8 Å². The van der Waals surface area contributed by atoms with E-state index in [0.717, 1.165) is 0 Å². The van der Waals surface area contributed by atoms with Gasteiger partial charge in [-0.3, -0.25) is 0 Å². The van der Waals surface area contributed by atoms with Crippen LogP contribution in [0.15, 0.2) is 12.2 Å². The lowest BCUT2D eigenvalue weighted by Crippen LogP contribution is -2.65. The molecule has 1 unspecified atom stereocenters. The van der Waals surface area contributed by atoms with Crippen LogP contribution in [0.25, 0.3) is 0 Å². The molecule has 0 aliphatic heterocycles. The van der Waals surface area contributed by atoms with Crippen LogP contribution < -0.4 is 0 Å². The van der Waals surface area contributed by atoms with Crippen LogP contribution in [0, 0.1) is 0 Å². The molecule has 0 aromatic rings. The fourth-order valence-corrected chi connectivity index (χ4v) is 3.12. The average molecular weight is 406 g/mol. The Hall–Kier alpha value is -1.29. The zero-order valence-electron chi connectivity index (χ0n) is 15.3. The van der Waals surface area contributed by atoms with Crippen LogP contribution in [0.2, 0.25) is 0 Å². The molecule has 0 aromatic carbocycles. The van der Waals surface area contributed by atoms with Gasteiger partial charge in [-0.05, 0) is 46.0 Å². The van der Waals surface area contributed by atoms with E-state index in [1.54, 1.807) is 6.92 Å². The standard InChI is InChI=1S/C17H24F6O4/c1-5-14(8-6-12(7-9-14)26-13(24)10(2)3)27-11(4)15(25,16(18,19)20)17(21,22)23/h11-12,25H,2,5-9H2,1,3-4H3. The maximum atomic E-state index is 13.0. The molecule has 0 amide bonds. The van der Waals surface area contributed by atoms with Crippen molar-refractivity contribution in [2.24, 2.45) is 0 Å². The molecule has 4 nitrogen and oxygen atoms in total. The third kappa shape index (κ3) is 4.96. The number of hydrogen-bond acceptors (Lipinski definition) is 4. The minimum atomic E-state index is -5.95. The minimum Gasteiger partial charge on any atom is -0.459 e. The van der Waals surface area contributed by atoms with Crippen molar-refractivity contribution in [2.75, 3.05) is 0 Å². The van der Waals surface area contributed by atoms with Crippen molar-refractivity contribution in [3.05, 3.63) is 12.2 Å². The molecule has 1 atom stereocenters. The third-order valence-corrected chi connectivity index (χ3v) is 4.99. The largest absolute Gasteiger partial charge is 0.459 e. The number of carbonyl (C=O) groups is 1. The molecule has 0 radical (unpaired) electrons. The first-order chi connectivity index (χ1) is 12.1. The maximum absolute atomic E-state index is 13.0. The molecule has 1 saturated carbocycles. The SMILES string of the molecule is C=C(C)C(=O)OC1CCC(CC)(OC(C)C(O)(C(F)(F)F)C(F)(F)F)CC1. The number of esters is 1. The fourth-order valence-electron chi connectivity index (χ4n) is 3.12. The van der Waals surface area contributed by atoms with Crippen molar-refractivity contribution in [1.82, 2.24) is 0 Å². The third-order valence-electron chi connectivity index (χ3n) is 4.99. The van der Waals surface area contributed by atoms with Crippen LogP contribution >= 0.6 is 0 Å². The van der Waals surface area contributed by atoms with Crippen LogP contribution in [0.3, 0.4) is 0 Å². The van der Waals surface area contributed by atoms with Gasteiger partial charge in [-0.1, -0.05) is 13.5 Å². The Bertz CT molecular complexity index is 533. The first-order valence-electron chi connectivity index (χ1n) is 8.50. The number of ether oxygens (including phenoxy) is 2. The quantitative estimate of drug-likeness (QED) is 0.402. The predicted octanol–water partition coefficient (Wildman–Crippen LogP) is 4.46. The lowest BCUT2D eigenvalue weighted by molar-refractivity contribution is -0.400. The van der Waals surface area contributed by atoms with Gasteiger partial charge in [0.15, 0.2) is 0 Å². The molecule has 1 rings (SSSR count). The smallest absolute Gasteiger partial charge is 0.428 e. The van der Waals surface area contributed by atoms with Crippen LogP contribution in [0.1, 0.15) is 52.9 Å². The number of rotatable bonds is 6. The highest BCUT2D eigenvalue weighted by Gasteiger charge is 2.74. The van der Waals surface area contributed by atoms with Gasteiger partial charge in [0.05, 0.1) is 5.60 Å². The number of aliphatic hydroxyl groups is 1. The molecule has 1 N–H and O–H groups in total. The lowest BCUT2D eigenvalue weighted by Gasteiger charge is -2.45. The minimum absolute atomic E-state index is 0.0910. The highest BCUT2D eigenvalue weighted by Crippen LogP contribution is 2.48. The second-order valence-corrected chi connectivity index (χ2v) is 6.94.